The predicted molar refractivity (Wildman–Crippen MR) is 102 cm³/mol. The van der Waals surface area contributed by atoms with Crippen LogP contribution in [0.25, 0.3) is 0 Å². The van der Waals surface area contributed by atoms with Gasteiger partial charge in [0.05, 0.1) is 11.6 Å². The zero-order chi connectivity index (χ0) is 17.9. The molecule has 0 unspecified atom stereocenters. The molecule has 0 fully saturated rings. The number of phenols is 1. The highest BCUT2D eigenvalue weighted by molar-refractivity contribution is 5.50. The van der Waals surface area contributed by atoms with Crippen molar-refractivity contribution in [3.8, 4) is 11.8 Å². The first kappa shape index (κ1) is 20.0. The lowest BCUT2D eigenvalue weighted by atomic mass is 9.97. The average molecular weight is 325 g/mol. The molecule has 0 atom stereocenters. The van der Waals surface area contributed by atoms with Gasteiger partial charge < -0.3 is 5.11 Å². The van der Waals surface area contributed by atoms with Crippen LogP contribution in [0, 0.1) is 11.3 Å². The van der Waals surface area contributed by atoms with Gasteiger partial charge in [-0.2, -0.15) is 5.26 Å². The molecule has 0 bridgehead atoms. The van der Waals surface area contributed by atoms with Crippen molar-refractivity contribution in [1.29, 1.82) is 5.26 Å². The average Bonchev–Trinajstić information content (AvgIpc) is 2.53. The molecule has 0 amide bonds. The number of allylic oxidation sites excluding steroid dienone is 4. The van der Waals surface area contributed by atoms with Gasteiger partial charge >= 0.3 is 0 Å². The first-order valence-electron chi connectivity index (χ1n) is 9.01. The predicted octanol–water partition coefficient (Wildman–Crippen LogP) is 6.23. The summed E-state index contributed by atoms with van der Waals surface area (Å²) in [5.74, 6) is 0.258. The van der Waals surface area contributed by atoms with Gasteiger partial charge in [-0.1, -0.05) is 43.1 Å². The molecule has 1 aromatic rings. The minimum atomic E-state index is 0.258. The SMILES string of the molecule is CCCCCc1cc(O)c(C/C=C(\C)CCC=C(C)C)c(C#N)c1. The molecule has 1 rings (SSSR count). The van der Waals surface area contributed by atoms with E-state index >= 15 is 0 Å². The van der Waals surface area contributed by atoms with Gasteiger partial charge in [-0.25, -0.2) is 0 Å². The summed E-state index contributed by atoms with van der Waals surface area (Å²) in [6.07, 6.45) is 11.4. The lowest BCUT2D eigenvalue weighted by Gasteiger charge is -2.09. The van der Waals surface area contributed by atoms with Crippen molar-refractivity contribution >= 4 is 0 Å². The van der Waals surface area contributed by atoms with Gasteiger partial charge in [-0.15, -0.1) is 0 Å². The van der Waals surface area contributed by atoms with Gasteiger partial charge in [0.25, 0.3) is 0 Å². The quantitative estimate of drug-likeness (QED) is 0.432. The van der Waals surface area contributed by atoms with Crippen molar-refractivity contribution in [3.05, 3.63) is 52.1 Å². The zero-order valence-electron chi connectivity index (χ0n) is 15.7. The maximum atomic E-state index is 10.3. The van der Waals surface area contributed by atoms with E-state index in [9.17, 15) is 10.4 Å². The second-order valence-electron chi connectivity index (χ2n) is 6.78. The van der Waals surface area contributed by atoms with E-state index in [0.717, 1.165) is 36.8 Å². The van der Waals surface area contributed by atoms with Gasteiger partial charge in [0.1, 0.15) is 5.75 Å². The van der Waals surface area contributed by atoms with Gasteiger partial charge in [0.2, 0.25) is 0 Å². The number of hydrogen-bond donors (Lipinski definition) is 1. The molecule has 0 spiro atoms. The molecule has 0 aliphatic carbocycles. The lowest BCUT2D eigenvalue weighted by molar-refractivity contribution is 0.468. The smallest absolute Gasteiger partial charge is 0.120 e. The van der Waals surface area contributed by atoms with Crippen LogP contribution in [0.1, 0.15) is 76.5 Å². The third-order valence-corrected chi connectivity index (χ3v) is 4.22. The second-order valence-corrected chi connectivity index (χ2v) is 6.78. The van der Waals surface area contributed by atoms with E-state index in [1.54, 1.807) is 0 Å². The first-order valence-corrected chi connectivity index (χ1v) is 9.01. The fourth-order valence-electron chi connectivity index (χ4n) is 2.72. The Morgan fingerprint density at radius 3 is 2.54 bits per heavy atom. The number of benzene rings is 1. The molecule has 0 saturated carbocycles. The van der Waals surface area contributed by atoms with Crippen molar-refractivity contribution in [3.63, 3.8) is 0 Å². The lowest BCUT2D eigenvalue weighted by Crippen LogP contribution is -1.95. The highest BCUT2D eigenvalue weighted by Crippen LogP contribution is 2.26. The molecule has 130 valence electrons. The van der Waals surface area contributed by atoms with E-state index in [4.69, 9.17) is 0 Å². The summed E-state index contributed by atoms with van der Waals surface area (Å²) in [6.45, 7) is 8.51. The Morgan fingerprint density at radius 1 is 1.17 bits per heavy atom. The van der Waals surface area contributed by atoms with Crippen LogP contribution in [0.3, 0.4) is 0 Å². The fourth-order valence-corrected chi connectivity index (χ4v) is 2.72. The molecule has 0 heterocycles. The molecule has 1 aromatic carbocycles. The summed E-state index contributed by atoms with van der Waals surface area (Å²) in [6, 6.07) is 6.02. The number of aromatic hydroxyl groups is 1. The maximum Gasteiger partial charge on any atom is 0.120 e. The van der Waals surface area contributed by atoms with E-state index in [-0.39, 0.29) is 5.75 Å². The summed E-state index contributed by atoms with van der Waals surface area (Å²) in [5.41, 5.74) is 5.05. The van der Waals surface area contributed by atoms with Crippen molar-refractivity contribution in [2.75, 3.05) is 0 Å². The number of nitriles is 1. The Labute approximate surface area is 147 Å². The van der Waals surface area contributed by atoms with Gasteiger partial charge in [-0.3, -0.25) is 0 Å². The molecule has 1 N–H and O–H groups in total. The summed E-state index contributed by atoms with van der Waals surface area (Å²) in [4.78, 5) is 0. The normalized spacial score (nSPS) is 11.2. The van der Waals surface area contributed by atoms with Crippen LogP contribution in [0.4, 0.5) is 0 Å². The summed E-state index contributed by atoms with van der Waals surface area (Å²) < 4.78 is 0. The zero-order valence-corrected chi connectivity index (χ0v) is 15.7. The van der Waals surface area contributed by atoms with Crippen molar-refractivity contribution < 1.29 is 5.11 Å². The van der Waals surface area contributed by atoms with Crippen molar-refractivity contribution in [2.45, 2.75) is 72.6 Å². The van der Waals surface area contributed by atoms with E-state index in [1.165, 1.54) is 24.0 Å². The van der Waals surface area contributed by atoms with E-state index in [1.807, 2.05) is 12.1 Å². The molecular weight excluding hydrogens is 294 g/mol. The second kappa shape index (κ2) is 10.7. The van der Waals surface area contributed by atoms with Gasteiger partial charge in [-0.05, 0) is 70.6 Å². The Kier molecular flexibility index (Phi) is 8.94. The highest BCUT2D eigenvalue weighted by Gasteiger charge is 2.09. The van der Waals surface area contributed by atoms with Crippen LogP contribution in [0.5, 0.6) is 5.75 Å². The summed E-state index contributed by atoms with van der Waals surface area (Å²) in [5, 5.41) is 19.7. The van der Waals surface area contributed by atoms with Crippen molar-refractivity contribution in [2.24, 2.45) is 0 Å². The molecule has 0 aliphatic heterocycles. The third kappa shape index (κ3) is 7.04. The monoisotopic (exact) mass is 325 g/mol. The third-order valence-electron chi connectivity index (χ3n) is 4.22. The topological polar surface area (TPSA) is 44.0 Å². The minimum Gasteiger partial charge on any atom is -0.508 e. The number of aryl methyl sites for hydroxylation is 1. The molecule has 24 heavy (non-hydrogen) atoms. The van der Waals surface area contributed by atoms with Gasteiger partial charge in [0.15, 0.2) is 0 Å². The van der Waals surface area contributed by atoms with Crippen LogP contribution in [-0.2, 0) is 12.8 Å². The molecule has 0 aromatic heterocycles. The van der Waals surface area contributed by atoms with E-state index in [2.05, 4.69) is 45.9 Å². The molecule has 0 radical (unpaired) electrons. The minimum absolute atomic E-state index is 0.258. The number of nitrogens with zero attached hydrogens (tertiary/aromatic N) is 1. The fraction of sp³-hybridized carbons (Fsp3) is 0.500. The number of unbranched alkanes of at least 4 members (excludes halogenated alkanes) is 2. The Bertz CT molecular complexity index is 628. The molecule has 0 aliphatic rings. The van der Waals surface area contributed by atoms with Gasteiger partial charge in [0, 0.05) is 5.56 Å². The largest absolute Gasteiger partial charge is 0.508 e. The summed E-state index contributed by atoms with van der Waals surface area (Å²) >= 11 is 0. The molecule has 2 nitrogen and oxygen atoms in total. The maximum absolute atomic E-state index is 10.3. The molecule has 0 saturated heterocycles. The number of hydrogen-bond acceptors (Lipinski definition) is 2. The standard InChI is InChI=1S/C22H31NO/c1-5-6-7-11-19-14-20(16-23)21(22(24)15-19)13-12-18(4)10-8-9-17(2)3/h9,12,14-15,24H,5-8,10-11,13H2,1-4H3/b18-12+. The van der Waals surface area contributed by atoms with Crippen LogP contribution >= 0.6 is 0 Å². The number of phenolic OH excluding ortho intramolecular Hbond substituents is 1. The Balaban J connectivity index is 2.80. The number of rotatable bonds is 9. The highest BCUT2D eigenvalue weighted by atomic mass is 16.3. The van der Waals surface area contributed by atoms with E-state index < -0.39 is 0 Å². The van der Waals surface area contributed by atoms with Crippen LogP contribution in [0.15, 0.2) is 35.4 Å². The van der Waals surface area contributed by atoms with Crippen molar-refractivity contribution in [1.82, 2.24) is 0 Å². The Hall–Kier alpha value is -2.01. The molecular formula is C22H31NO. The van der Waals surface area contributed by atoms with Crippen LogP contribution in [0.2, 0.25) is 0 Å². The summed E-state index contributed by atoms with van der Waals surface area (Å²) in [7, 11) is 0. The van der Waals surface area contributed by atoms with Crippen LogP contribution in [-0.4, -0.2) is 5.11 Å². The first-order chi connectivity index (χ1) is 11.5. The molecule has 2 heteroatoms. The van der Waals surface area contributed by atoms with Crippen LogP contribution < -0.4 is 0 Å². The Morgan fingerprint density at radius 2 is 1.92 bits per heavy atom. The van der Waals surface area contributed by atoms with E-state index in [0.29, 0.717) is 12.0 Å².